The molecule has 0 unspecified atom stereocenters. The Labute approximate surface area is 133 Å². The van der Waals surface area contributed by atoms with Crippen molar-refractivity contribution in [2.75, 3.05) is 7.11 Å². The molecule has 0 aromatic heterocycles. The van der Waals surface area contributed by atoms with Crippen LogP contribution in [0.25, 0.3) is 0 Å². The molecular formula is C14H22BNO5S. The molecule has 0 spiro atoms. The summed E-state index contributed by atoms with van der Waals surface area (Å²) < 4.78 is 41.1. The van der Waals surface area contributed by atoms with Gasteiger partial charge in [0.2, 0.25) is 10.9 Å². The molecule has 0 aliphatic carbocycles. The Kier molecular flexibility index (Phi) is 4.86. The zero-order chi connectivity index (χ0) is 16.5. The highest BCUT2D eigenvalue weighted by molar-refractivity contribution is 7.70. The van der Waals surface area contributed by atoms with Gasteiger partial charge in [-0.3, -0.25) is 0 Å². The fraction of sp³-hybridized carbons (Fsp3) is 0.571. The van der Waals surface area contributed by atoms with Crippen LogP contribution in [0.5, 0.6) is 5.75 Å². The lowest BCUT2D eigenvalue weighted by Crippen LogP contribution is -2.41. The van der Waals surface area contributed by atoms with Gasteiger partial charge >= 0.3 is 7.12 Å². The second-order valence-electron chi connectivity index (χ2n) is 6.25. The van der Waals surface area contributed by atoms with Crippen molar-refractivity contribution in [3.63, 3.8) is 0 Å². The van der Waals surface area contributed by atoms with E-state index >= 15 is 0 Å². The number of benzene rings is 1. The van der Waals surface area contributed by atoms with Crippen molar-refractivity contribution in [1.29, 1.82) is 0 Å². The molecule has 6 nitrogen and oxygen atoms in total. The van der Waals surface area contributed by atoms with Crippen LogP contribution in [-0.4, -0.2) is 33.8 Å². The molecule has 0 saturated carbocycles. The molecule has 8 heteroatoms. The largest absolute Gasteiger partial charge is 0.496 e. The molecule has 1 aromatic carbocycles. The first kappa shape index (κ1) is 17.3. The van der Waals surface area contributed by atoms with Gasteiger partial charge in [0.1, 0.15) is 5.75 Å². The number of ether oxygens (including phenoxy) is 1. The summed E-state index contributed by atoms with van der Waals surface area (Å²) in [7, 11) is -1.60. The van der Waals surface area contributed by atoms with Crippen molar-refractivity contribution in [2.45, 2.75) is 45.4 Å². The second-order valence-corrected chi connectivity index (χ2v) is 7.08. The molecule has 0 atom stereocenters. The number of hydrogen-bond acceptors (Lipinski definition) is 5. The van der Waals surface area contributed by atoms with E-state index in [-0.39, 0.29) is 6.54 Å². The van der Waals surface area contributed by atoms with E-state index in [2.05, 4.69) is 4.72 Å². The first-order valence-corrected chi connectivity index (χ1v) is 8.24. The molecule has 1 fully saturated rings. The zero-order valence-electron chi connectivity index (χ0n) is 13.5. The zero-order valence-corrected chi connectivity index (χ0v) is 14.4. The highest BCUT2D eigenvalue weighted by Gasteiger charge is 2.51. The van der Waals surface area contributed by atoms with Gasteiger partial charge in [0.25, 0.3) is 0 Å². The lowest BCUT2D eigenvalue weighted by molar-refractivity contribution is 0.00578. The fourth-order valence-electron chi connectivity index (χ4n) is 2.21. The van der Waals surface area contributed by atoms with Gasteiger partial charge in [0, 0.05) is 12.1 Å². The van der Waals surface area contributed by atoms with Gasteiger partial charge in [-0.05, 0) is 39.2 Å². The minimum atomic E-state index is -2.66. The van der Waals surface area contributed by atoms with Gasteiger partial charge in [-0.2, -0.15) is 0 Å². The van der Waals surface area contributed by atoms with Gasteiger partial charge in [-0.25, -0.2) is 13.1 Å². The molecule has 1 aliphatic heterocycles. The smallest absolute Gasteiger partial charge is 0.494 e. The third kappa shape index (κ3) is 3.46. The van der Waals surface area contributed by atoms with Crippen molar-refractivity contribution in [2.24, 2.45) is 0 Å². The van der Waals surface area contributed by atoms with Crippen LogP contribution in [0.1, 0.15) is 33.3 Å². The van der Waals surface area contributed by atoms with Crippen LogP contribution in [-0.2, 0) is 26.7 Å². The summed E-state index contributed by atoms with van der Waals surface area (Å²) in [6.07, 6.45) is 0. The highest BCUT2D eigenvalue weighted by atomic mass is 32.2. The van der Waals surface area contributed by atoms with Gasteiger partial charge in [-0.1, -0.05) is 12.1 Å². The predicted octanol–water partition coefficient (Wildman–Crippen LogP) is 0.610. The maximum Gasteiger partial charge on any atom is 0.494 e. The number of thiol groups is 1. The average molecular weight is 327 g/mol. The summed E-state index contributed by atoms with van der Waals surface area (Å²) in [5.74, 6) is 0.615. The van der Waals surface area contributed by atoms with E-state index in [0.29, 0.717) is 5.75 Å². The molecular weight excluding hydrogens is 305 g/mol. The second kappa shape index (κ2) is 6.19. The van der Waals surface area contributed by atoms with Crippen LogP contribution in [0.3, 0.4) is 0 Å². The summed E-state index contributed by atoms with van der Waals surface area (Å²) in [5.41, 5.74) is 0.717. The maximum atomic E-state index is 10.7. The Balaban J connectivity index is 2.27. The molecule has 1 aliphatic rings. The van der Waals surface area contributed by atoms with E-state index in [4.69, 9.17) is 14.0 Å². The van der Waals surface area contributed by atoms with Crippen LogP contribution >= 0.6 is 0 Å². The van der Waals surface area contributed by atoms with Gasteiger partial charge in [0.05, 0.1) is 18.3 Å². The SMILES string of the molecule is COc1ccc(B2OC(C)(C)C(C)(C)O2)cc1CN[SH](=O)=O. The van der Waals surface area contributed by atoms with Crippen molar-refractivity contribution < 1.29 is 22.5 Å². The van der Waals surface area contributed by atoms with E-state index < -0.39 is 29.2 Å². The third-order valence-electron chi connectivity index (χ3n) is 4.23. The number of nitrogens with one attached hydrogen (secondary N) is 1. The molecule has 22 heavy (non-hydrogen) atoms. The van der Waals surface area contributed by atoms with E-state index in [1.165, 1.54) is 0 Å². The lowest BCUT2D eigenvalue weighted by atomic mass is 9.78. The van der Waals surface area contributed by atoms with Crippen LogP contribution < -0.4 is 14.9 Å². The van der Waals surface area contributed by atoms with Crippen LogP contribution in [0.2, 0.25) is 0 Å². The standard InChI is InChI=1S/C14H22BNO5S/c1-13(2)14(3,4)21-15(20-13)11-6-7-12(19-5)10(8-11)9-16-22(17)18/h6-8,22H,9H2,1-5H3,(H,16,17,18). The Morgan fingerprint density at radius 1 is 1.18 bits per heavy atom. The topological polar surface area (TPSA) is 73.9 Å². The molecule has 122 valence electrons. The maximum absolute atomic E-state index is 10.7. The van der Waals surface area contributed by atoms with Crippen molar-refractivity contribution in [1.82, 2.24) is 4.72 Å². The minimum Gasteiger partial charge on any atom is -0.496 e. The van der Waals surface area contributed by atoms with Crippen molar-refractivity contribution >= 4 is 23.5 Å². The molecule has 0 amide bonds. The molecule has 1 heterocycles. The molecule has 0 radical (unpaired) electrons. The van der Waals surface area contributed by atoms with Crippen LogP contribution in [0.4, 0.5) is 0 Å². The van der Waals surface area contributed by atoms with E-state index in [9.17, 15) is 8.42 Å². The first-order valence-electron chi connectivity index (χ1n) is 7.06. The van der Waals surface area contributed by atoms with Crippen molar-refractivity contribution in [3.8, 4) is 5.75 Å². The Hall–Kier alpha value is -1.09. The monoisotopic (exact) mass is 327 g/mol. The Morgan fingerprint density at radius 3 is 2.27 bits per heavy atom. The summed E-state index contributed by atoms with van der Waals surface area (Å²) in [5, 5.41) is 0. The van der Waals surface area contributed by atoms with Crippen molar-refractivity contribution in [3.05, 3.63) is 23.8 Å². The molecule has 2 rings (SSSR count). The number of hydrogen-bond donors (Lipinski definition) is 2. The van der Waals surface area contributed by atoms with E-state index in [1.807, 2.05) is 39.8 Å². The van der Waals surface area contributed by atoms with Crippen LogP contribution in [0.15, 0.2) is 18.2 Å². The molecule has 1 N–H and O–H groups in total. The third-order valence-corrected chi connectivity index (χ3v) is 4.64. The summed E-state index contributed by atoms with van der Waals surface area (Å²) in [6.45, 7) is 8.11. The predicted molar refractivity (Wildman–Crippen MR) is 85.9 cm³/mol. The number of methoxy groups -OCH3 is 1. The molecule has 1 saturated heterocycles. The lowest BCUT2D eigenvalue weighted by Gasteiger charge is -2.32. The van der Waals surface area contributed by atoms with E-state index in [1.54, 1.807) is 13.2 Å². The van der Waals surface area contributed by atoms with Gasteiger partial charge in [0.15, 0.2) is 0 Å². The Bertz CT molecular complexity index is 606. The first-order chi connectivity index (χ1) is 10.2. The summed E-state index contributed by atoms with van der Waals surface area (Å²) in [4.78, 5) is 0. The Morgan fingerprint density at radius 2 is 1.77 bits per heavy atom. The number of rotatable bonds is 5. The summed E-state index contributed by atoms with van der Waals surface area (Å²) in [6, 6.07) is 5.49. The molecule has 0 bridgehead atoms. The normalized spacial score (nSPS) is 19.6. The quantitative estimate of drug-likeness (QED) is 0.612. The fourth-order valence-corrected chi connectivity index (χ4v) is 2.51. The minimum absolute atomic E-state index is 0.162. The highest BCUT2D eigenvalue weighted by Crippen LogP contribution is 2.36. The van der Waals surface area contributed by atoms with Gasteiger partial charge < -0.3 is 14.0 Å². The van der Waals surface area contributed by atoms with E-state index in [0.717, 1.165) is 11.0 Å². The van der Waals surface area contributed by atoms with Gasteiger partial charge in [-0.15, -0.1) is 0 Å². The average Bonchev–Trinajstić information content (AvgIpc) is 2.64. The van der Waals surface area contributed by atoms with Crippen LogP contribution in [0, 0.1) is 0 Å². The molecule has 1 aromatic rings. The summed E-state index contributed by atoms with van der Waals surface area (Å²) >= 11 is 0.